The van der Waals surface area contributed by atoms with E-state index >= 15 is 0 Å². The zero-order valence-electron chi connectivity index (χ0n) is 8.53. The van der Waals surface area contributed by atoms with Gasteiger partial charge in [0.1, 0.15) is 5.78 Å². The number of aliphatic hydroxyl groups excluding tert-OH is 2. The number of ketones is 1. The topological polar surface area (TPSA) is 57.5 Å². The molecule has 0 heterocycles. The number of aliphatic hydroxyl groups is 2. The quantitative estimate of drug-likeness (QED) is 0.627. The summed E-state index contributed by atoms with van der Waals surface area (Å²) < 4.78 is 0. The van der Waals surface area contributed by atoms with Crippen LogP contribution in [0.4, 0.5) is 0 Å². The van der Waals surface area contributed by atoms with Gasteiger partial charge >= 0.3 is 0 Å². The lowest BCUT2D eigenvalue weighted by molar-refractivity contribution is -0.122. The first-order valence-corrected chi connectivity index (χ1v) is 4.95. The second-order valence-corrected chi connectivity index (χ2v) is 4.89. The third-order valence-corrected chi connectivity index (χ3v) is 4.44. The van der Waals surface area contributed by atoms with E-state index in [9.17, 15) is 15.0 Å². The van der Waals surface area contributed by atoms with Crippen molar-refractivity contribution >= 4 is 5.78 Å². The van der Waals surface area contributed by atoms with Crippen LogP contribution in [-0.4, -0.2) is 29.2 Å². The highest BCUT2D eigenvalue weighted by atomic mass is 16.3. The highest BCUT2D eigenvalue weighted by Crippen LogP contribution is 2.60. The number of Topliss-reactive ketones (excluding diaryl/α,β-unsaturated/α-hetero) is 1. The summed E-state index contributed by atoms with van der Waals surface area (Å²) in [6, 6.07) is 0. The monoisotopic (exact) mass is 196 g/mol. The lowest BCUT2D eigenvalue weighted by Crippen LogP contribution is -2.46. The molecule has 2 aliphatic carbocycles. The highest BCUT2D eigenvalue weighted by molar-refractivity contribution is 5.94. The van der Waals surface area contributed by atoms with Gasteiger partial charge in [0.2, 0.25) is 0 Å². The lowest BCUT2D eigenvalue weighted by Gasteiger charge is -2.44. The molecule has 0 spiro atoms. The summed E-state index contributed by atoms with van der Waals surface area (Å²) in [6.45, 7) is 3.66. The lowest BCUT2D eigenvalue weighted by atomic mass is 9.60. The summed E-state index contributed by atoms with van der Waals surface area (Å²) in [4.78, 5) is 11.8. The predicted octanol–water partition coefficient (Wildman–Crippen LogP) is 0.368. The van der Waals surface area contributed by atoms with Gasteiger partial charge in [-0.15, -0.1) is 0 Å². The van der Waals surface area contributed by atoms with Crippen molar-refractivity contribution in [2.24, 2.45) is 22.7 Å². The van der Waals surface area contributed by atoms with Crippen LogP contribution in [0, 0.1) is 22.7 Å². The maximum Gasteiger partial charge on any atom is 0.147 e. The molecule has 14 heavy (non-hydrogen) atoms. The fourth-order valence-corrected chi connectivity index (χ4v) is 2.93. The molecule has 2 aliphatic rings. The molecule has 2 rings (SSSR count). The van der Waals surface area contributed by atoms with E-state index in [-0.39, 0.29) is 30.8 Å². The van der Waals surface area contributed by atoms with E-state index in [0.717, 1.165) is 0 Å². The largest absolute Gasteiger partial charge is 0.396 e. The van der Waals surface area contributed by atoms with Crippen molar-refractivity contribution in [3.8, 4) is 0 Å². The van der Waals surface area contributed by atoms with Gasteiger partial charge in [0.15, 0.2) is 0 Å². The van der Waals surface area contributed by atoms with Gasteiger partial charge in [-0.3, -0.25) is 4.79 Å². The van der Waals surface area contributed by atoms with Crippen molar-refractivity contribution in [2.45, 2.75) is 13.8 Å². The number of carbonyl (C=O) groups is 1. The van der Waals surface area contributed by atoms with Crippen molar-refractivity contribution in [1.29, 1.82) is 0 Å². The van der Waals surface area contributed by atoms with Crippen LogP contribution in [0.5, 0.6) is 0 Å². The van der Waals surface area contributed by atoms with E-state index in [4.69, 9.17) is 0 Å². The highest BCUT2D eigenvalue weighted by Gasteiger charge is 2.64. The van der Waals surface area contributed by atoms with Crippen molar-refractivity contribution in [2.75, 3.05) is 13.2 Å². The van der Waals surface area contributed by atoms with E-state index in [2.05, 4.69) is 0 Å². The third-order valence-electron chi connectivity index (χ3n) is 4.44. The van der Waals surface area contributed by atoms with Gasteiger partial charge in [-0.2, -0.15) is 0 Å². The molecule has 0 aliphatic heterocycles. The van der Waals surface area contributed by atoms with Gasteiger partial charge in [-0.1, -0.05) is 26.0 Å². The van der Waals surface area contributed by atoms with Crippen LogP contribution in [0.15, 0.2) is 12.2 Å². The Morgan fingerprint density at radius 2 is 1.50 bits per heavy atom. The summed E-state index contributed by atoms with van der Waals surface area (Å²) in [5, 5.41) is 18.9. The number of hydrogen-bond acceptors (Lipinski definition) is 3. The molecule has 0 aromatic rings. The summed E-state index contributed by atoms with van der Waals surface area (Å²) >= 11 is 0. The molecule has 0 saturated heterocycles. The van der Waals surface area contributed by atoms with E-state index in [1.165, 1.54) is 0 Å². The average Bonchev–Trinajstić information content (AvgIpc) is 2.63. The van der Waals surface area contributed by atoms with Gasteiger partial charge < -0.3 is 10.2 Å². The molecule has 4 unspecified atom stereocenters. The van der Waals surface area contributed by atoms with E-state index < -0.39 is 10.8 Å². The fourth-order valence-electron chi connectivity index (χ4n) is 2.93. The van der Waals surface area contributed by atoms with Gasteiger partial charge in [-0.05, 0) is 0 Å². The van der Waals surface area contributed by atoms with Crippen LogP contribution in [0.3, 0.4) is 0 Å². The standard InChI is InChI=1S/C11H16O3/c1-10(5-12)7-3-4-8(9(7)14)11(10,2)6-13/h3-4,7-8,12-13H,5-6H2,1-2H3. The van der Waals surface area contributed by atoms with Gasteiger partial charge in [0, 0.05) is 22.7 Å². The van der Waals surface area contributed by atoms with Crippen LogP contribution >= 0.6 is 0 Å². The molecule has 3 heteroatoms. The van der Waals surface area contributed by atoms with E-state index in [1.807, 2.05) is 26.0 Å². The van der Waals surface area contributed by atoms with Gasteiger partial charge in [0.25, 0.3) is 0 Å². The number of allylic oxidation sites excluding steroid dienone is 2. The normalized spacial score (nSPS) is 50.4. The molecule has 0 radical (unpaired) electrons. The van der Waals surface area contributed by atoms with Crippen LogP contribution in [0.2, 0.25) is 0 Å². The molecule has 0 amide bonds. The molecule has 2 bridgehead atoms. The van der Waals surface area contributed by atoms with Crippen LogP contribution in [0.1, 0.15) is 13.8 Å². The Morgan fingerprint density at radius 3 is 1.79 bits per heavy atom. The fraction of sp³-hybridized carbons (Fsp3) is 0.727. The van der Waals surface area contributed by atoms with E-state index in [0.29, 0.717) is 0 Å². The molecule has 3 nitrogen and oxygen atoms in total. The molecule has 78 valence electrons. The first-order chi connectivity index (χ1) is 6.51. The predicted molar refractivity (Wildman–Crippen MR) is 51.5 cm³/mol. The SMILES string of the molecule is CC1(CO)C2C=CC(C2=O)C1(C)CO. The molecule has 4 atom stereocenters. The number of rotatable bonds is 2. The number of carbonyl (C=O) groups excluding carboxylic acids is 1. The summed E-state index contributed by atoms with van der Waals surface area (Å²) in [7, 11) is 0. The van der Waals surface area contributed by atoms with Crippen molar-refractivity contribution in [3.05, 3.63) is 12.2 Å². The first kappa shape index (κ1) is 9.87. The smallest absolute Gasteiger partial charge is 0.147 e. The zero-order chi connectivity index (χ0) is 10.6. The average molecular weight is 196 g/mol. The van der Waals surface area contributed by atoms with E-state index in [1.54, 1.807) is 0 Å². The first-order valence-electron chi connectivity index (χ1n) is 4.95. The zero-order valence-corrected chi connectivity index (χ0v) is 8.53. The Morgan fingerprint density at radius 1 is 1.14 bits per heavy atom. The second-order valence-electron chi connectivity index (χ2n) is 4.89. The maximum atomic E-state index is 11.8. The molecular weight excluding hydrogens is 180 g/mol. The summed E-state index contributed by atoms with van der Waals surface area (Å²) in [5.41, 5.74) is -1.00. The van der Waals surface area contributed by atoms with Gasteiger partial charge in [-0.25, -0.2) is 0 Å². The number of fused-ring (bicyclic) bond motifs is 2. The molecule has 1 fully saturated rings. The van der Waals surface area contributed by atoms with Crippen molar-refractivity contribution in [1.82, 2.24) is 0 Å². The minimum absolute atomic E-state index is 0.0543. The molecule has 0 aromatic heterocycles. The number of hydrogen-bond donors (Lipinski definition) is 2. The summed E-state index contributed by atoms with van der Waals surface area (Å²) in [6.07, 6.45) is 3.75. The van der Waals surface area contributed by atoms with Crippen LogP contribution < -0.4 is 0 Å². The minimum Gasteiger partial charge on any atom is -0.396 e. The van der Waals surface area contributed by atoms with Crippen LogP contribution in [0.25, 0.3) is 0 Å². The Kier molecular flexibility index (Phi) is 1.88. The van der Waals surface area contributed by atoms with Crippen LogP contribution in [-0.2, 0) is 4.79 Å². The Labute approximate surface area is 83.4 Å². The molecule has 1 saturated carbocycles. The van der Waals surface area contributed by atoms with Crippen molar-refractivity contribution in [3.63, 3.8) is 0 Å². The Hall–Kier alpha value is -0.670. The molecular formula is C11H16O3. The Bertz CT molecular complexity index is 282. The second kappa shape index (κ2) is 2.67. The Balaban J connectivity index is 2.52. The minimum atomic E-state index is -0.502. The van der Waals surface area contributed by atoms with Crippen molar-refractivity contribution < 1.29 is 15.0 Å². The third kappa shape index (κ3) is 0.782. The molecule has 0 aromatic carbocycles. The maximum absolute atomic E-state index is 11.8. The summed E-state index contributed by atoms with van der Waals surface area (Å²) in [5.74, 6) is -0.276. The molecule has 2 N–H and O–H groups in total. The van der Waals surface area contributed by atoms with Gasteiger partial charge in [0.05, 0.1) is 13.2 Å².